The minimum Gasteiger partial charge on any atom is -0.354 e. The second-order valence-electron chi connectivity index (χ2n) is 5.48. The zero-order chi connectivity index (χ0) is 11.8. The lowest BCUT2D eigenvalue weighted by Gasteiger charge is -2.22. The number of pyridine rings is 1. The average molecular weight is 222 g/mol. The van der Waals surface area contributed by atoms with Gasteiger partial charge in [0.2, 0.25) is 0 Å². The summed E-state index contributed by atoms with van der Waals surface area (Å²) in [4.78, 5) is 6.36. The second-order valence-corrected chi connectivity index (χ2v) is 5.48. The molecule has 16 heavy (non-hydrogen) atoms. The molecular formula is C13H19FN2. The van der Waals surface area contributed by atoms with Crippen LogP contribution in [0.15, 0.2) is 18.3 Å². The number of alkyl halides is 1. The predicted molar refractivity (Wildman–Crippen MR) is 64.7 cm³/mol. The summed E-state index contributed by atoms with van der Waals surface area (Å²) in [6.45, 7) is 7.79. The molecule has 0 aliphatic carbocycles. The fourth-order valence-electron chi connectivity index (χ4n) is 1.98. The van der Waals surface area contributed by atoms with Crippen LogP contribution in [0.4, 0.5) is 10.2 Å². The highest BCUT2D eigenvalue weighted by atomic mass is 19.1. The first-order chi connectivity index (χ1) is 7.47. The van der Waals surface area contributed by atoms with Gasteiger partial charge >= 0.3 is 0 Å². The van der Waals surface area contributed by atoms with Crippen molar-refractivity contribution in [3.63, 3.8) is 0 Å². The Morgan fingerprint density at radius 3 is 2.75 bits per heavy atom. The summed E-state index contributed by atoms with van der Waals surface area (Å²) in [6.07, 6.45) is 1.75. The summed E-state index contributed by atoms with van der Waals surface area (Å²) in [5.74, 6) is 0.910. The van der Waals surface area contributed by atoms with Crippen molar-refractivity contribution < 1.29 is 4.39 Å². The molecular weight excluding hydrogens is 203 g/mol. The van der Waals surface area contributed by atoms with E-state index in [2.05, 4.69) is 31.8 Å². The normalized spacial score (nSPS) is 21.5. The Morgan fingerprint density at radius 1 is 1.44 bits per heavy atom. The third-order valence-corrected chi connectivity index (χ3v) is 3.07. The van der Waals surface area contributed by atoms with Gasteiger partial charge < -0.3 is 4.90 Å². The first kappa shape index (κ1) is 11.4. The van der Waals surface area contributed by atoms with Crippen molar-refractivity contribution in [1.29, 1.82) is 0 Å². The molecule has 3 heteroatoms. The molecule has 0 spiro atoms. The topological polar surface area (TPSA) is 16.1 Å². The van der Waals surface area contributed by atoms with Crippen molar-refractivity contribution in [2.45, 2.75) is 38.8 Å². The molecule has 0 N–H and O–H groups in total. The zero-order valence-corrected chi connectivity index (χ0v) is 10.2. The van der Waals surface area contributed by atoms with Crippen molar-refractivity contribution in [3.8, 4) is 0 Å². The Balaban J connectivity index is 2.23. The van der Waals surface area contributed by atoms with E-state index in [4.69, 9.17) is 0 Å². The van der Waals surface area contributed by atoms with Crippen LogP contribution < -0.4 is 4.90 Å². The Kier molecular flexibility index (Phi) is 2.87. The Hall–Kier alpha value is -1.12. The predicted octanol–water partition coefficient (Wildman–Crippen LogP) is 2.93. The Labute approximate surface area is 96.5 Å². The molecule has 1 aromatic heterocycles. The minimum absolute atomic E-state index is 0.118. The molecule has 1 aliphatic heterocycles. The number of rotatable bonds is 1. The number of halogens is 1. The summed E-state index contributed by atoms with van der Waals surface area (Å²) in [7, 11) is 0. The van der Waals surface area contributed by atoms with E-state index in [0.29, 0.717) is 13.0 Å². The Bertz CT molecular complexity index is 370. The summed E-state index contributed by atoms with van der Waals surface area (Å²) in [5, 5.41) is 0. The number of aromatic nitrogens is 1. The third kappa shape index (κ3) is 2.34. The molecule has 2 nitrogen and oxygen atoms in total. The maximum absolute atomic E-state index is 13.1. The lowest BCUT2D eigenvalue weighted by atomic mass is 9.88. The van der Waals surface area contributed by atoms with E-state index in [1.54, 1.807) is 0 Å². The van der Waals surface area contributed by atoms with E-state index in [1.165, 1.54) is 5.56 Å². The molecule has 0 aromatic carbocycles. The highest BCUT2D eigenvalue weighted by Gasteiger charge is 2.23. The average Bonchev–Trinajstić information content (AvgIpc) is 2.64. The summed E-state index contributed by atoms with van der Waals surface area (Å²) in [5.41, 5.74) is 1.37. The van der Waals surface area contributed by atoms with Crippen LogP contribution in [-0.2, 0) is 5.41 Å². The van der Waals surface area contributed by atoms with E-state index in [-0.39, 0.29) is 5.41 Å². The lowest BCUT2D eigenvalue weighted by Crippen LogP contribution is -2.22. The van der Waals surface area contributed by atoms with E-state index < -0.39 is 6.17 Å². The summed E-state index contributed by atoms with van der Waals surface area (Å²) < 4.78 is 13.1. The number of hydrogen-bond acceptors (Lipinski definition) is 2. The van der Waals surface area contributed by atoms with Gasteiger partial charge in [-0.05, 0) is 29.5 Å². The molecule has 2 rings (SSSR count). The molecule has 0 amide bonds. The van der Waals surface area contributed by atoms with Crippen LogP contribution in [0.5, 0.6) is 0 Å². The van der Waals surface area contributed by atoms with E-state index in [1.807, 2.05) is 17.2 Å². The van der Waals surface area contributed by atoms with Gasteiger partial charge in [-0.1, -0.05) is 20.8 Å². The first-order valence-corrected chi connectivity index (χ1v) is 5.82. The largest absolute Gasteiger partial charge is 0.354 e. The van der Waals surface area contributed by atoms with Crippen molar-refractivity contribution >= 4 is 5.82 Å². The van der Waals surface area contributed by atoms with Crippen LogP contribution in [0.3, 0.4) is 0 Å². The molecule has 2 heterocycles. The number of anilines is 1. The molecule has 1 aliphatic rings. The van der Waals surface area contributed by atoms with E-state index in [0.717, 1.165) is 12.4 Å². The zero-order valence-electron chi connectivity index (χ0n) is 10.2. The van der Waals surface area contributed by atoms with Gasteiger partial charge in [0.15, 0.2) is 0 Å². The van der Waals surface area contributed by atoms with Gasteiger partial charge in [0, 0.05) is 12.7 Å². The second kappa shape index (κ2) is 4.04. The summed E-state index contributed by atoms with van der Waals surface area (Å²) >= 11 is 0. The number of nitrogens with zero attached hydrogens (tertiary/aromatic N) is 2. The minimum atomic E-state index is -0.694. The van der Waals surface area contributed by atoms with Crippen LogP contribution in [0.2, 0.25) is 0 Å². The van der Waals surface area contributed by atoms with E-state index >= 15 is 0 Å². The van der Waals surface area contributed by atoms with E-state index in [9.17, 15) is 4.39 Å². The molecule has 1 unspecified atom stereocenters. The molecule has 0 saturated carbocycles. The van der Waals surface area contributed by atoms with Crippen LogP contribution >= 0.6 is 0 Å². The van der Waals surface area contributed by atoms with Crippen molar-refractivity contribution in [1.82, 2.24) is 4.98 Å². The highest BCUT2D eigenvalue weighted by Crippen LogP contribution is 2.26. The number of hydrogen-bond donors (Lipinski definition) is 0. The first-order valence-electron chi connectivity index (χ1n) is 5.82. The molecule has 0 radical (unpaired) electrons. The Morgan fingerprint density at radius 2 is 2.19 bits per heavy atom. The molecule has 1 atom stereocenters. The fraction of sp³-hybridized carbons (Fsp3) is 0.615. The molecule has 0 bridgehead atoms. The maximum Gasteiger partial charge on any atom is 0.128 e. The van der Waals surface area contributed by atoms with Gasteiger partial charge in [0.1, 0.15) is 12.0 Å². The van der Waals surface area contributed by atoms with Crippen LogP contribution in [-0.4, -0.2) is 24.2 Å². The van der Waals surface area contributed by atoms with Crippen molar-refractivity contribution in [3.05, 3.63) is 23.9 Å². The summed E-state index contributed by atoms with van der Waals surface area (Å²) in [6, 6.07) is 4.12. The van der Waals surface area contributed by atoms with Gasteiger partial charge in [-0.3, -0.25) is 0 Å². The van der Waals surface area contributed by atoms with Gasteiger partial charge in [-0.2, -0.15) is 0 Å². The lowest BCUT2D eigenvalue weighted by molar-refractivity contribution is 0.364. The highest BCUT2D eigenvalue weighted by molar-refractivity contribution is 5.44. The standard InChI is InChI=1S/C13H19FN2/c1-13(2,3)10-4-6-15-12(8-10)16-7-5-11(14)9-16/h4,6,8,11H,5,7,9H2,1-3H3. The monoisotopic (exact) mass is 222 g/mol. The van der Waals surface area contributed by atoms with Gasteiger partial charge in [-0.25, -0.2) is 9.37 Å². The van der Waals surface area contributed by atoms with Gasteiger partial charge in [0.05, 0.1) is 6.54 Å². The third-order valence-electron chi connectivity index (χ3n) is 3.07. The van der Waals surface area contributed by atoms with Crippen LogP contribution in [0.1, 0.15) is 32.8 Å². The maximum atomic E-state index is 13.1. The van der Waals surface area contributed by atoms with Gasteiger partial charge in [-0.15, -0.1) is 0 Å². The van der Waals surface area contributed by atoms with Crippen LogP contribution in [0, 0.1) is 0 Å². The molecule has 1 fully saturated rings. The van der Waals surface area contributed by atoms with Crippen molar-refractivity contribution in [2.75, 3.05) is 18.0 Å². The quantitative estimate of drug-likeness (QED) is 0.726. The van der Waals surface area contributed by atoms with Crippen LogP contribution in [0.25, 0.3) is 0 Å². The molecule has 1 aromatic rings. The molecule has 88 valence electrons. The fourth-order valence-corrected chi connectivity index (χ4v) is 1.98. The SMILES string of the molecule is CC(C)(C)c1ccnc(N2CCC(F)C2)c1. The smallest absolute Gasteiger partial charge is 0.128 e. The van der Waals surface area contributed by atoms with Gasteiger partial charge in [0.25, 0.3) is 0 Å². The molecule has 1 saturated heterocycles. The van der Waals surface area contributed by atoms with Crippen molar-refractivity contribution in [2.24, 2.45) is 0 Å².